The first kappa shape index (κ1) is 11.9. The Bertz CT molecular complexity index is 465. The molecular formula is C8H4F3N3O2. The molecule has 0 aliphatic heterocycles. The van der Waals surface area contributed by atoms with Gasteiger partial charge in [0, 0.05) is 6.07 Å². The largest absolute Gasteiger partial charge is 0.420 e. The summed E-state index contributed by atoms with van der Waals surface area (Å²) in [6.45, 7) is 0. The molecule has 16 heavy (non-hydrogen) atoms. The van der Waals surface area contributed by atoms with Crippen LogP contribution in [0.2, 0.25) is 0 Å². The van der Waals surface area contributed by atoms with Crippen molar-refractivity contribution in [2.24, 2.45) is 0 Å². The second-order valence-electron chi connectivity index (χ2n) is 2.79. The highest BCUT2D eigenvalue weighted by molar-refractivity contribution is 5.36. The van der Waals surface area contributed by atoms with Gasteiger partial charge < -0.3 is 10.1 Å². The van der Waals surface area contributed by atoms with Crippen LogP contribution in [0.25, 0.3) is 0 Å². The van der Waals surface area contributed by atoms with Gasteiger partial charge in [0.15, 0.2) is 6.20 Å². The average molecular weight is 231 g/mol. The van der Waals surface area contributed by atoms with Crippen LogP contribution in [0.5, 0.6) is 0 Å². The van der Waals surface area contributed by atoms with Gasteiger partial charge in [0.2, 0.25) is 0 Å². The molecule has 0 saturated carbocycles. The molecule has 0 N–H and O–H groups in total. The maximum Gasteiger partial charge on any atom is 0.420 e. The van der Waals surface area contributed by atoms with Crippen LogP contribution >= 0.6 is 0 Å². The van der Waals surface area contributed by atoms with E-state index in [0.717, 1.165) is 0 Å². The van der Waals surface area contributed by atoms with Gasteiger partial charge in [-0.1, -0.05) is 0 Å². The van der Waals surface area contributed by atoms with Crippen molar-refractivity contribution in [3.8, 4) is 6.07 Å². The Balaban J connectivity index is 3.31. The van der Waals surface area contributed by atoms with Gasteiger partial charge >= 0.3 is 12.0 Å². The third kappa shape index (κ3) is 2.44. The molecule has 0 amide bonds. The lowest BCUT2D eigenvalue weighted by molar-refractivity contribution is -0.389. The number of nitriles is 1. The zero-order valence-corrected chi connectivity index (χ0v) is 7.65. The Morgan fingerprint density at radius 2 is 2.19 bits per heavy atom. The van der Waals surface area contributed by atoms with Crippen LogP contribution in [0.1, 0.15) is 11.1 Å². The van der Waals surface area contributed by atoms with Gasteiger partial charge in [0.25, 0.3) is 0 Å². The zero-order valence-electron chi connectivity index (χ0n) is 7.65. The number of nitrogens with zero attached hydrogens (tertiary/aromatic N) is 3. The number of hydrogen-bond donors (Lipinski definition) is 0. The standard InChI is InChI=1S/C8H4F3N3O2/c9-8(10,11)6-4-13-7(14(15)16)3-5(6)1-2-12/h3-4H,1H2. The lowest BCUT2D eigenvalue weighted by atomic mass is 10.1. The molecule has 0 bridgehead atoms. The fraction of sp³-hybridized carbons (Fsp3) is 0.250. The van der Waals surface area contributed by atoms with Crippen LogP contribution in [-0.4, -0.2) is 9.91 Å². The van der Waals surface area contributed by atoms with E-state index in [-0.39, 0.29) is 0 Å². The van der Waals surface area contributed by atoms with Crippen molar-refractivity contribution in [1.29, 1.82) is 5.26 Å². The second-order valence-corrected chi connectivity index (χ2v) is 2.79. The summed E-state index contributed by atoms with van der Waals surface area (Å²) in [7, 11) is 0. The molecule has 0 unspecified atom stereocenters. The lowest BCUT2D eigenvalue weighted by Crippen LogP contribution is -2.10. The van der Waals surface area contributed by atoms with Crippen LogP contribution in [-0.2, 0) is 12.6 Å². The van der Waals surface area contributed by atoms with E-state index in [1.54, 1.807) is 0 Å². The third-order valence-electron chi connectivity index (χ3n) is 1.74. The van der Waals surface area contributed by atoms with Gasteiger partial charge in [-0.3, -0.25) is 0 Å². The molecule has 0 aliphatic carbocycles. The Hall–Kier alpha value is -2.17. The SMILES string of the molecule is N#CCc1cc([N+](=O)[O-])ncc1C(F)(F)F. The maximum atomic E-state index is 12.4. The first-order valence-corrected chi connectivity index (χ1v) is 3.93. The van der Waals surface area contributed by atoms with Gasteiger partial charge in [0.1, 0.15) is 5.56 Å². The number of nitro groups is 1. The van der Waals surface area contributed by atoms with Crippen molar-refractivity contribution in [1.82, 2.24) is 4.98 Å². The molecule has 1 rings (SSSR count). The number of halogens is 3. The van der Waals surface area contributed by atoms with Crippen LogP contribution in [0.4, 0.5) is 19.0 Å². The molecule has 0 radical (unpaired) electrons. The van der Waals surface area contributed by atoms with Gasteiger partial charge in [-0.05, 0) is 15.5 Å². The van der Waals surface area contributed by atoms with Crippen LogP contribution in [0.3, 0.4) is 0 Å². The molecule has 5 nitrogen and oxygen atoms in total. The van der Waals surface area contributed by atoms with Crippen molar-refractivity contribution in [3.63, 3.8) is 0 Å². The minimum atomic E-state index is -4.67. The summed E-state index contributed by atoms with van der Waals surface area (Å²) in [4.78, 5) is 12.4. The molecule has 0 fully saturated rings. The summed E-state index contributed by atoms with van der Waals surface area (Å²) in [6.07, 6.45) is -4.86. The van der Waals surface area contributed by atoms with Crippen LogP contribution in [0, 0.1) is 21.4 Å². The highest BCUT2D eigenvalue weighted by Crippen LogP contribution is 2.32. The van der Waals surface area contributed by atoms with Crippen molar-refractivity contribution >= 4 is 5.82 Å². The van der Waals surface area contributed by atoms with Crippen LogP contribution < -0.4 is 0 Å². The first-order valence-electron chi connectivity index (χ1n) is 3.93. The molecule has 0 spiro atoms. The fourth-order valence-electron chi connectivity index (χ4n) is 1.07. The third-order valence-corrected chi connectivity index (χ3v) is 1.74. The van der Waals surface area contributed by atoms with Gasteiger partial charge in [-0.15, -0.1) is 0 Å². The maximum absolute atomic E-state index is 12.4. The quantitative estimate of drug-likeness (QED) is 0.576. The minimum Gasteiger partial charge on any atom is -0.358 e. The van der Waals surface area contributed by atoms with Gasteiger partial charge in [-0.2, -0.15) is 18.4 Å². The Morgan fingerprint density at radius 1 is 1.56 bits per heavy atom. The molecule has 0 saturated heterocycles. The average Bonchev–Trinajstić information content (AvgIpc) is 2.16. The number of alkyl halides is 3. The lowest BCUT2D eigenvalue weighted by Gasteiger charge is -2.08. The van der Waals surface area contributed by atoms with E-state index in [2.05, 4.69) is 4.98 Å². The van der Waals surface area contributed by atoms with Crippen LogP contribution in [0.15, 0.2) is 12.3 Å². The highest BCUT2D eigenvalue weighted by atomic mass is 19.4. The fourth-order valence-corrected chi connectivity index (χ4v) is 1.07. The van der Waals surface area contributed by atoms with E-state index in [1.165, 1.54) is 6.07 Å². The number of rotatable bonds is 2. The molecular weight excluding hydrogens is 227 g/mol. The first-order chi connectivity index (χ1) is 7.36. The number of hydrogen-bond acceptors (Lipinski definition) is 4. The Kier molecular flexibility index (Phi) is 3.08. The monoisotopic (exact) mass is 231 g/mol. The summed E-state index contributed by atoms with van der Waals surface area (Å²) in [6, 6.07) is 2.17. The molecule has 0 aromatic carbocycles. The van der Waals surface area contributed by atoms with Gasteiger partial charge in [-0.25, -0.2) is 0 Å². The number of aromatic nitrogens is 1. The van der Waals surface area contributed by atoms with Crippen molar-refractivity contribution in [2.45, 2.75) is 12.6 Å². The molecule has 84 valence electrons. The Labute approximate surface area is 87.3 Å². The second kappa shape index (κ2) is 4.14. The van der Waals surface area contributed by atoms with Crippen molar-refractivity contribution in [3.05, 3.63) is 33.5 Å². The summed E-state index contributed by atoms with van der Waals surface area (Å²) in [5, 5.41) is 18.6. The highest BCUT2D eigenvalue weighted by Gasteiger charge is 2.35. The summed E-state index contributed by atoms with van der Waals surface area (Å²) in [5.74, 6) is -0.710. The molecule has 0 atom stereocenters. The van der Waals surface area contributed by atoms with E-state index in [1.807, 2.05) is 0 Å². The van der Waals surface area contributed by atoms with E-state index in [0.29, 0.717) is 12.3 Å². The van der Waals surface area contributed by atoms with E-state index >= 15 is 0 Å². The number of pyridine rings is 1. The summed E-state index contributed by atoms with van der Waals surface area (Å²) in [5.41, 5.74) is -1.57. The Morgan fingerprint density at radius 3 is 2.62 bits per heavy atom. The van der Waals surface area contributed by atoms with Gasteiger partial charge in [0.05, 0.1) is 12.5 Å². The topological polar surface area (TPSA) is 79.8 Å². The van der Waals surface area contributed by atoms with E-state index in [9.17, 15) is 23.3 Å². The predicted molar refractivity (Wildman–Crippen MR) is 45.2 cm³/mol. The normalized spacial score (nSPS) is 10.9. The summed E-state index contributed by atoms with van der Waals surface area (Å²) >= 11 is 0. The van der Waals surface area contributed by atoms with E-state index < -0.39 is 34.5 Å². The molecule has 8 heteroatoms. The minimum absolute atomic E-state index is 0.366. The smallest absolute Gasteiger partial charge is 0.358 e. The van der Waals surface area contributed by atoms with E-state index in [4.69, 9.17) is 5.26 Å². The zero-order chi connectivity index (χ0) is 12.3. The molecule has 0 aliphatic rings. The molecule has 1 aromatic rings. The van der Waals surface area contributed by atoms with Crippen molar-refractivity contribution < 1.29 is 18.1 Å². The molecule has 1 heterocycles. The predicted octanol–water partition coefficient (Wildman–Crippen LogP) is 2.07. The summed E-state index contributed by atoms with van der Waals surface area (Å²) < 4.78 is 37.2. The molecule has 1 aromatic heterocycles. The van der Waals surface area contributed by atoms with Crippen molar-refractivity contribution in [2.75, 3.05) is 0 Å².